The van der Waals surface area contributed by atoms with Crippen LogP contribution >= 0.6 is 0 Å². The van der Waals surface area contributed by atoms with Crippen LogP contribution in [0.4, 0.5) is 17.2 Å². The number of carbonyl (C=O) groups is 1. The van der Waals surface area contributed by atoms with E-state index in [0.29, 0.717) is 36.5 Å². The number of anilines is 2. The normalized spacial score (nSPS) is 18.4. The molecular formula is C37H36N8O7. The number of fused-ring (bicyclic) bond motifs is 2. The molecule has 0 bridgehead atoms. The van der Waals surface area contributed by atoms with Crippen molar-refractivity contribution in [3.63, 3.8) is 0 Å². The molecule has 0 radical (unpaired) electrons. The van der Waals surface area contributed by atoms with Gasteiger partial charge in [-0.25, -0.2) is 15.0 Å². The van der Waals surface area contributed by atoms with Crippen molar-refractivity contribution >= 4 is 45.0 Å². The van der Waals surface area contributed by atoms with Gasteiger partial charge >= 0.3 is 0 Å². The Morgan fingerprint density at radius 3 is 2.60 bits per heavy atom. The number of nitro benzene ring substituents is 1. The molecule has 0 unspecified atom stereocenters. The number of nitrogens with zero attached hydrogens (tertiary/aromatic N) is 5. The number of aliphatic hydroxyl groups excluding tert-OH is 2. The molecule has 4 aromatic carbocycles. The van der Waals surface area contributed by atoms with Gasteiger partial charge in [-0.2, -0.15) is 0 Å². The van der Waals surface area contributed by atoms with Crippen molar-refractivity contribution in [2.75, 3.05) is 30.8 Å². The molecule has 1 amide bonds. The second-order valence-electron chi connectivity index (χ2n) is 12.3. The zero-order valence-corrected chi connectivity index (χ0v) is 28.0. The number of imidazole rings is 1. The number of aliphatic hydroxyl groups is 2. The zero-order chi connectivity index (χ0) is 36.2. The van der Waals surface area contributed by atoms with Crippen LogP contribution in [0.3, 0.4) is 0 Å². The lowest BCUT2D eigenvalue weighted by Crippen LogP contribution is -2.39. The maximum absolute atomic E-state index is 13.1. The summed E-state index contributed by atoms with van der Waals surface area (Å²) >= 11 is 0. The van der Waals surface area contributed by atoms with Gasteiger partial charge < -0.3 is 35.6 Å². The van der Waals surface area contributed by atoms with Gasteiger partial charge in [-0.15, -0.1) is 0 Å². The van der Waals surface area contributed by atoms with Gasteiger partial charge in [0.25, 0.3) is 11.6 Å². The number of aromatic nitrogens is 4. The first-order chi connectivity index (χ1) is 25.3. The molecule has 2 aromatic heterocycles. The Balaban J connectivity index is 0.990. The van der Waals surface area contributed by atoms with Crippen LogP contribution < -0.4 is 20.7 Å². The molecule has 52 heavy (non-hydrogen) atoms. The third-order valence-corrected chi connectivity index (χ3v) is 9.12. The molecule has 5 N–H and O–H groups in total. The lowest BCUT2D eigenvalue weighted by Gasteiger charge is -2.17. The summed E-state index contributed by atoms with van der Waals surface area (Å²) in [6.45, 7) is 0.698. The Morgan fingerprint density at radius 1 is 0.962 bits per heavy atom. The summed E-state index contributed by atoms with van der Waals surface area (Å²) in [5.74, 6) is 0.601. The predicted octanol–water partition coefficient (Wildman–Crippen LogP) is 4.21. The number of hydrogen-bond acceptors (Lipinski definition) is 12. The van der Waals surface area contributed by atoms with E-state index in [4.69, 9.17) is 9.47 Å². The second-order valence-corrected chi connectivity index (χ2v) is 12.3. The smallest absolute Gasteiger partial charge is 0.293 e. The molecular weight excluding hydrogens is 668 g/mol. The Bertz CT molecular complexity index is 2240. The zero-order valence-electron chi connectivity index (χ0n) is 28.0. The molecule has 1 aliphatic heterocycles. The highest BCUT2D eigenvalue weighted by molar-refractivity contribution is 5.95. The van der Waals surface area contributed by atoms with Crippen LogP contribution in [0.5, 0.6) is 5.75 Å². The van der Waals surface area contributed by atoms with Crippen molar-refractivity contribution in [3.05, 3.63) is 124 Å². The number of nitro groups is 1. The lowest BCUT2D eigenvalue weighted by molar-refractivity contribution is -0.384. The van der Waals surface area contributed by atoms with E-state index in [1.54, 1.807) is 7.11 Å². The van der Waals surface area contributed by atoms with Gasteiger partial charge in [0.15, 0.2) is 23.2 Å². The van der Waals surface area contributed by atoms with Crippen LogP contribution in [0.2, 0.25) is 0 Å². The summed E-state index contributed by atoms with van der Waals surface area (Å²) in [6.07, 6.45) is -1.41. The molecule has 1 aliphatic rings. The Kier molecular flexibility index (Phi) is 9.88. The number of methoxy groups -OCH3 is 1. The SMILES string of the molecule is COc1ccccc1CCNc1ccc(C(=O)NC[C@H]2O[C@@H](n3cnc4c(NCc5cccc6ccccc56)ncnc43)[C@H](O)[C@@H]2O)cc1[N+](=O)[O-]. The topological polar surface area (TPSA) is 199 Å². The van der Waals surface area contributed by atoms with Gasteiger partial charge in [-0.1, -0.05) is 60.7 Å². The standard InChI is InChI=1S/C37H36N8O7/c1-51-29-12-5-3-8-23(29)15-16-38-27-14-13-24(17-28(27)45(49)50)36(48)40-19-30-32(46)33(47)37(52-30)44-21-43-31-34(41-20-42-35(31)44)39-18-25-10-6-9-22-7-2-4-11-26(22)25/h2-14,17,20-21,30,32-33,37-38,46-47H,15-16,18-19H2,1H3,(H,40,48)(H,39,41,42)/t30-,32-,33-,37-/m1/s1. The minimum atomic E-state index is -1.37. The van der Waals surface area contributed by atoms with Crippen molar-refractivity contribution in [3.8, 4) is 5.75 Å². The van der Waals surface area contributed by atoms with Crippen LogP contribution in [-0.2, 0) is 17.7 Å². The van der Waals surface area contributed by atoms with E-state index in [9.17, 15) is 25.1 Å². The van der Waals surface area contributed by atoms with Crippen molar-refractivity contribution < 1.29 is 29.4 Å². The van der Waals surface area contributed by atoms with Crippen LogP contribution in [0.15, 0.2) is 97.6 Å². The fraction of sp³-hybridized carbons (Fsp3) is 0.243. The van der Waals surface area contributed by atoms with Crippen LogP contribution in [-0.4, -0.2) is 79.1 Å². The summed E-state index contributed by atoms with van der Waals surface area (Å²) in [5, 5.41) is 45.1. The number of benzene rings is 4. The maximum atomic E-state index is 13.1. The molecule has 0 saturated carbocycles. The lowest BCUT2D eigenvalue weighted by atomic mass is 10.0. The minimum Gasteiger partial charge on any atom is -0.496 e. The van der Waals surface area contributed by atoms with Gasteiger partial charge in [0.05, 0.1) is 18.4 Å². The fourth-order valence-corrected chi connectivity index (χ4v) is 6.43. The first kappa shape index (κ1) is 34.3. The summed E-state index contributed by atoms with van der Waals surface area (Å²) in [6, 6.07) is 25.8. The van der Waals surface area contributed by atoms with Gasteiger partial charge in [0.1, 0.15) is 36.1 Å². The summed E-state index contributed by atoms with van der Waals surface area (Å²) in [7, 11) is 1.58. The van der Waals surface area contributed by atoms with Crippen molar-refractivity contribution in [2.24, 2.45) is 0 Å². The number of amides is 1. The van der Waals surface area contributed by atoms with Crippen LogP contribution in [0, 0.1) is 10.1 Å². The molecule has 0 spiro atoms. The van der Waals surface area contributed by atoms with Crippen molar-refractivity contribution in [1.82, 2.24) is 24.8 Å². The second kappa shape index (κ2) is 15.0. The highest BCUT2D eigenvalue weighted by atomic mass is 16.6. The third-order valence-electron chi connectivity index (χ3n) is 9.12. The van der Waals surface area contributed by atoms with Gasteiger partial charge in [-0.05, 0) is 46.5 Å². The summed E-state index contributed by atoms with van der Waals surface area (Å²) in [5.41, 5.74) is 2.90. The van der Waals surface area contributed by atoms with E-state index in [-0.39, 0.29) is 23.5 Å². The fourth-order valence-electron chi connectivity index (χ4n) is 6.43. The van der Waals surface area contributed by atoms with E-state index >= 15 is 0 Å². The number of carbonyl (C=O) groups excluding carboxylic acids is 1. The largest absolute Gasteiger partial charge is 0.496 e. The van der Waals surface area contributed by atoms with E-state index < -0.39 is 35.4 Å². The summed E-state index contributed by atoms with van der Waals surface area (Å²) in [4.78, 5) is 37.7. The molecule has 0 aliphatic carbocycles. The van der Waals surface area contributed by atoms with Gasteiger partial charge in [0.2, 0.25) is 0 Å². The molecule has 7 rings (SSSR count). The molecule has 1 fully saturated rings. The van der Waals surface area contributed by atoms with E-state index in [0.717, 1.165) is 27.6 Å². The predicted molar refractivity (Wildman–Crippen MR) is 193 cm³/mol. The Labute approximate surface area is 297 Å². The third kappa shape index (κ3) is 6.92. The van der Waals surface area contributed by atoms with E-state index in [1.807, 2.05) is 48.5 Å². The average molecular weight is 705 g/mol. The van der Waals surface area contributed by atoms with Gasteiger partial charge in [0, 0.05) is 31.3 Å². The van der Waals surface area contributed by atoms with E-state index in [1.165, 1.54) is 35.4 Å². The summed E-state index contributed by atoms with van der Waals surface area (Å²) < 4.78 is 12.9. The molecule has 3 heterocycles. The van der Waals surface area contributed by atoms with Crippen LogP contribution in [0.1, 0.15) is 27.7 Å². The molecule has 1 saturated heterocycles. The van der Waals surface area contributed by atoms with Gasteiger partial charge in [-0.3, -0.25) is 19.5 Å². The highest BCUT2D eigenvalue weighted by Crippen LogP contribution is 2.33. The first-order valence-electron chi connectivity index (χ1n) is 16.6. The monoisotopic (exact) mass is 704 g/mol. The number of ether oxygens (including phenoxy) is 2. The molecule has 15 heteroatoms. The number of para-hydroxylation sites is 1. The number of rotatable bonds is 13. The average Bonchev–Trinajstić information content (AvgIpc) is 3.73. The first-order valence-corrected chi connectivity index (χ1v) is 16.6. The Morgan fingerprint density at radius 2 is 1.75 bits per heavy atom. The minimum absolute atomic E-state index is 0.0485. The van der Waals surface area contributed by atoms with Crippen LogP contribution in [0.25, 0.3) is 21.9 Å². The highest BCUT2D eigenvalue weighted by Gasteiger charge is 2.44. The van der Waals surface area contributed by atoms with E-state index in [2.05, 4.69) is 49.1 Å². The number of hydrogen-bond donors (Lipinski definition) is 5. The number of nitrogens with one attached hydrogen (secondary N) is 3. The molecule has 4 atom stereocenters. The molecule has 15 nitrogen and oxygen atoms in total. The van der Waals surface area contributed by atoms with Crippen molar-refractivity contribution in [1.29, 1.82) is 0 Å². The quantitative estimate of drug-likeness (QED) is 0.0849. The molecule has 266 valence electrons. The molecule has 6 aromatic rings. The maximum Gasteiger partial charge on any atom is 0.293 e. The Hall–Kier alpha value is -6.16. The van der Waals surface area contributed by atoms with Crippen molar-refractivity contribution in [2.45, 2.75) is 37.5 Å².